The molecule has 0 unspecified atom stereocenters. The van der Waals surface area contributed by atoms with Crippen LogP contribution in [-0.4, -0.2) is 26.4 Å². The van der Waals surface area contributed by atoms with Crippen LogP contribution < -0.4 is 9.46 Å². The van der Waals surface area contributed by atoms with E-state index in [0.717, 1.165) is 5.56 Å². The molecule has 3 aromatic rings. The zero-order chi connectivity index (χ0) is 19.1. The smallest absolute Gasteiger partial charge is 0.264 e. The second-order valence-electron chi connectivity index (χ2n) is 6.57. The van der Waals surface area contributed by atoms with E-state index in [1.54, 1.807) is 55.8 Å². The first-order valence-corrected chi connectivity index (χ1v) is 10.0. The molecule has 0 bridgehead atoms. The number of hydrogen-bond acceptors (Lipinski definition) is 5. The van der Waals surface area contributed by atoms with Crippen molar-refractivity contribution in [1.29, 1.82) is 0 Å². The standard InChI is InChI=1S/C20H18N2O4S/c1-26-15-6-2-5-14(13-15)20(10-11-20)19(23)22-27(24,25)18-9-3-8-17-16(18)7-4-12-21-17/h2-9,12-13H,10-11H2,1H3,(H,22,23). The number of hydrogen-bond donors (Lipinski definition) is 1. The van der Waals surface area contributed by atoms with Gasteiger partial charge < -0.3 is 4.74 Å². The molecular weight excluding hydrogens is 364 g/mol. The number of nitrogens with one attached hydrogen (secondary N) is 1. The summed E-state index contributed by atoms with van der Waals surface area (Å²) in [5, 5.41) is 0.478. The van der Waals surface area contributed by atoms with E-state index in [9.17, 15) is 13.2 Å². The minimum atomic E-state index is -4.02. The molecule has 0 radical (unpaired) electrons. The number of benzene rings is 2. The highest BCUT2D eigenvalue weighted by Crippen LogP contribution is 2.49. The molecule has 0 atom stereocenters. The summed E-state index contributed by atoms with van der Waals surface area (Å²) in [5.41, 5.74) is 0.487. The normalized spacial score (nSPS) is 15.3. The number of methoxy groups -OCH3 is 1. The van der Waals surface area contributed by atoms with Gasteiger partial charge in [0.2, 0.25) is 5.91 Å². The maximum absolute atomic E-state index is 12.9. The van der Waals surface area contributed by atoms with Crippen molar-refractivity contribution >= 4 is 26.8 Å². The first kappa shape index (κ1) is 17.5. The molecule has 1 aromatic heterocycles. The summed E-state index contributed by atoms with van der Waals surface area (Å²) in [4.78, 5) is 17.1. The summed E-state index contributed by atoms with van der Waals surface area (Å²) >= 11 is 0. The summed E-state index contributed by atoms with van der Waals surface area (Å²) in [6.45, 7) is 0. The number of ether oxygens (including phenoxy) is 1. The first-order chi connectivity index (χ1) is 13.0. The fraction of sp³-hybridized carbons (Fsp3) is 0.200. The number of aromatic nitrogens is 1. The van der Waals surface area contributed by atoms with Gasteiger partial charge in [-0.1, -0.05) is 18.2 Å². The summed E-state index contributed by atoms with van der Waals surface area (Å²) in [6.07, 6.45) is 2.79. The molecule has 1 heterocycles. The monoisotopic (exact) mass is 382 g/mol. The molecule has 1 amide bonds. The van der Waals surface area contributed by atoms with Crippen molar-refractivity contribution < 1.29 is 17.9 Å². The van der Waals surface area contributed by atoms with Gasteiger partial charge in [0, 0.05) is 11.6 Å². The fourth-order valence-corrected chi connectivity index (χ4v) is 4.55. The topological polar surface area (TPSA) is 85.4 Å². The maximum Gasteiger partial charge on any atom is 0.264 e. The fourth-order valence-electron chi connectivity index (χ4n) is 3.28. The molecule has 1 aliphatic carbocycles. The summed E-state index contributed by atoms with van der Waals surface area (Å²) in [6, 6.07) is 15.4. The molecule has 1 aliphatic rings. The number of pyridine rings is 1. The number of fused-ring (bicyclic) bond motifs is 1. The Kier molecular flexibility index (Phi) is 4.11. The number of rotatable bonds is 5. The summed E-state index contributed by atoms with van der Waals surface area (Å²) in [7, 11) is -2.47. The largest absolute Gasteiger partial charge is 0.497 e. The average molecular weight is 382 g/mol. The quantitative estimate of drug-likeness (QED) is 0.733. The highest BCUT2D eigenvalue weighted by atomic mass is 32.2. The predicted molar refractivity (Wildman–Crippen MR) is 101 cm³/mol. The zero-order valence-corrected chi connectivity index (χ0v) is 15.5. The number of amides is 1. The van der Waals surface area contributed by atoms with Crippen molar-refractivity contribution in [3.63, 3.8) is 0 Å². The molecule has 0 aliphatic heterocycles. The van der Waals surface area contributed by atoms with Crippen molar-refractivity contribution in [3.8, 4) is 5.75 Å². The molecule has 7 heteroatoms. The first-order valence-electron chi connectivity index (χ1n) is 8.52. The van der Waals surface area contributed by atoms with Crippen LogP contribution in [0.25, 0.3) is 10.9 Å². The summed E-state index contributed by atoms with van der Waals surface area (Å²) in [5.74, 6) is 0.117. The Morgan fingerprint density at radius 1 is 1.11 bits per heavy atom. The van der Waals surface area contributed by atoms with Crippen molar-refractivity contribution in [2.75, 3.05) is 7.11 Å². The van der Waals surface area contributed by atoms with Crippen LogP contribution >= 0.6 is 0 Å². The van der Waals surface area contributed by atoms with Crippen molar-refractivity contribution in [3.05, 3.63) is 66.4 Å². The number of sulfonamides is 1. The Morgan fingerprint density at radius 2 is 1.89 bits per heavy atom. The Labute approximate surface area is 157 Å². The highest BCUT2D eigenvalue weighted by Gasteiger charge is 2.52. The highest BCUT2D eigenvalue weighted by molar-refractivity contribution is 7.90. The molecule has 1 saturated carbocycles. The Balaban J connectivity index is 1.67. The summed E-state index contributed by atoms with van der Waals surface area (Å²) < 4.78 is 33.3. The van der Waals surface area contributed by atoms with E-state index >= 15 is 0 Å². The lowest BCUT2D eigenvalue weighted by atomic mass is 9.95. The molecule has 1 fully saturated rings. The van der Waals surface area contributed by atoms with Crippen molar-refractivity contribution in [2.45, 2.75) is 23.2 Å². The molecule has 138 valence electrons. The van der Waals surface area contributed by atoms with Gasteiger partial charge in [0.15, 0.2) is 0 Å². The number of nitrogens with zero attached hydrogens (tertiary/aromatic N) is 1. The molecule has 0 spiro atoms. The van der Waals surface area contributed by atoms with Crippen molar-refractivity contribution in [2.24, 2.45) is 0 Å². The molecule has 4 rings (SSSR count). The lowest BCUT2D eigenvalue weighted by molar-refractivity contribution is -0.121. The van der Waals surface area contributed by atoms with E-state index in [2.05, 4.69) is 9.71 Å². The second kappa shape index (κ2) is 6.35. The molecule has 0 saturated heterocycles. The van der Waals surface area contributed by atoms with E-state index in [-0.39, 0.29) is 4.90 Å². The maximum atomic E-state index is 12.9. The Morgan fingerprint density at radius 3 is 2.63 bits per heavy atom. The molecule has 6 nitrogen and oxygen atoms in total. The van der Waals surface area contributed by atoms with Crippen LogP contribution in [0.5, 0.6) is 5.75 Å². The molecule has 2 aromatic carbocycles. The van der Waals surface area contributed by atoms with Crippen molar-refractivity contribution in [1.82, 2.24) is 9.71 Å². The van der Waals surface area contributed by atoms with E-state index in [4.69, 9.17) is 4.74 Å². The van der Waals surface area contributed by atoms with E-state index in [1.165, 1.54) is 6.07 Å². The van der Waals surface area contributed by atoms with E-state index in [0.29, 0.717) is 29.5 Å². The molecule has 1 N–H and O–H groups in total. The third kappa shape index (κ3) is 3.04. The second-order valence-corrected chi connectivity index (χ2v) is 8.23. The van der Waals surface area contributed by atoms with Gasteiger partial charge in [0.1, 0.15) is 5.75 Å². The van der Waals surface area contributed by atoms with Crippen LogP contribution in [0.4, 0.5) is 0 Å². The Bertz CT molecular complexity index is 1130. The van der Waals surface area contributed by atoms with Gasteiger partial charge in [-0.3, -0.25) is 9.78 Å². The predicted octanol–water partition coefficient (Wildman–Crippen LogP) is 2.78. The lowest BCUT2D eigenvalue weighted by Gasteiger charge is -2.17. The zero-order valence-electron chi connectivity index (χ0n) is 14.7. The number of carbonyl (C=O) groups excluding carboxylic acids is 1. The van der Waals surface area contributed by atoms with Gasteiger partial charge in [0.05, 0.1) is 22.9 Å². The average Bonchev–Trinajstić information content (AvgIpc) is 3.49. The van der Waals surface area contributed by atoms with Crippen LogP contribution in [0, 0.1) is 0 Å². The van der Waals surface area contributed by atoms with Crippen LogP contribution in [0.15, 0.2) is 65.7 Å². The van der Waals surface area contributed by atoms with Crippen LogP contribution in [0.3, 0.4) is 0 Å². The number of carbonyl (C=O) groups is 1. The van der Waals surface area contributed by atoms with Crippen LogP contribution in [-0.2, 0) is 20.2 Å². The Hall–Kier alpha value is -2.93. The lowest BCUT2D eigenvalue weighted by Crippen LogP contribution is -2.38. The van der Waals surface area contributed by atoms with Crippen LogP contribution in [0.2, 0.25) is 0 Å². The van der Waals surface area contributed by atoms with Gasteiger partial charge in [-0.25, -0.2) is 13.1 Å². The third-order valence-corrected chi connectivity index (χ3v) is 6.32. The van der Waals surface area contributed by atoms with E-state index < -0.39 is 21.3 Å². The minimum Gasteiger partial charge on any atom is -0.497 e. The van der Waals surface area contributed by atoms with Crippen LogP contribution in [0.1, 0.15) is 18.4 Å². The molecular formula is C20H18N2O4S. The van der Waals surface area contributed by atoms with Gasteiger partial charge in [-0.2, -0.15) is 0 Å². The van der Waals surface area contributed by atoms with Gasteiger partial charge in [-0.05, 0) is 54.8 Å². The van der Waals surface area contributed by atoms with Gasteiger partial charge in [0.25, 0.3) is 10.0 Å². The minimum absolute atomic E-state index is 0.0443. The van der Waals surface area contributed by atoms with Gasteiger partial charge >= 0.3 is 0 Å². The van der Waals surface area contributed by atoms with E-state index in [1.807, 2.05) is 6.07 Å². The third-order valence-electron chi connectivity index (χ3n) is 4.93. The van der Waals surface area contributed by atoms with Gasteiger partial charge in [-0.15, -0.1) is 0 Å². The molecule has 27 heavy (non-hydrogen) atoms. The SMILES string of the molecule is COc1cccc(C2(C(=O)NS(=O)(=O)c3cccc4ncccc34)CC2)c1.